The van der Waals surface area contributed by atoms with Crippen molar-refractivity contribution in [3.8, 4) is 11.3 Å². The molecule has 0 bridgehead atoms. The molecule has 1 unspecified atom stereocenters. The number of furan rings is 1. The maximum Gasteiger partial charge on any atom is 0.137 e. The first kappa shape index (κ1) is 11.9. The second-order valence-electron chi connectivity index (χ2n) is 4.28. The Labute approximate surface area is 102 Å². The molecular weight excluding hydrogens is 214 g/mol. The number of nitrogens with zero attached hydrogens (tertiary/aromatic N) is 2. The summed E-state index contributed by atoms with van der Waals surface area (Å²) in [4.78, 5) is 0. The van der Waals surface area contributed by atoms with Gasteiger partial charge in [0.25, 0.3) is 0 Å². The van der Waals surface area contributed by atoms with Crippen molar-refractivity contribution in [2.75, 3.05) is 6.54 Å². The van der Waals surface area contributed by atoms with Crippen LogP contribution in [0.3, 0.4) is 0 Å². The van der Waals surface area contributed by atoms with Gasteiger partial charge in [0.2, 0.25) is 0 Å². The largest absolute Gasteiger partial charge is 0.459 e. The molecule has 2 rings (SSSR count). The van der Waals surface area contributed by atoms with Crippen LogP contribution in [0.1, 0.15) is 32.1 Å². The van der Waals surface area contributed by atoms with Gasteiger partial charge < -0.3 is 9.73 Å². The Morgan fingerprint density at radius 3 is 2.94 bits per heavy atom. The Hall–Kier alpha value is -1.55. The lowest BCUT2D eigenvalue weighted by atomic mass is 10.2. The van der Waals surface area contributed by atoms with Gasteiger partial charge in [-0.3, -0.25) is 4.68 Å². The summed E-state index contributed by atoms with van der Waals surface area (Å²) in [6.07, 6.45) is 4.89. The Bertz CT molecular complexity index is 472. The van der Waals surface area contributed by atoms with E-state index in [0.29, 0.717) is 0 Å². The van der Waals surface area contributed by atoms with E-state index in [1.54, 1.807) is 4.68 Å². The van der Waals surface area contributed by atoms with E-state index in [4.69, 9.17) is 4.42 Å². The molecule has 0 saturated carbocycles. The van der Waals surface area contributed by atoms with Crippen LogP contribution in [-0.2, 0) is 7.05 Å². The van der Waals surface area contributed by atoms with Gasteiger partial charge in [-0.2, -0.15) is 5.10 Å². The fraction of sp³-hybridized carbons (Fsp3) is 0.462. The number of aryl methyl sites for hydroxylation is 1. The minimum absolute atomic E-state index is 0.250. The highest BCUT2D eigenvalue weighted by Crippen LogP contribution is 2.24. The first-order valence-corrected chi connectivity index (χ1v) is 6.03. The van der Waals surface area contributed by atoms with Crippen molar-refractivity contribution in [1.29, 1.82) is 0 Å². The molecule has 0 saturated heterocycles. The van der Waals surface area contributed by atoms with Crippen LogP contribution < -0.4 is 5.32 Å². The third kappa shape index (κ3) is 2.77. The summed E-state index contributed by atoms with van der Waals surface area (Å²) in [5.41, 5.74) is 1.02. The molecule has 0 spiro atoms. The molecule has 2 aromatic heterocycles. The topological polar surface area (TPSA) is 43.0 Å². The van der Waals surface area contributed by atoms with Crippen molar-refractivity contribution in [3.05, 3.63) is 30.3 Å². The molecule has 17 heavy (non-hydrogen) atoms. The first-order valence-electron chi connectivity index (χ1n) is 6.03. The maximum absolute atomic E-state index is 5.83. The standard InChI is InChI=1S/C13H19N3O/c1-4-7-14-10(2)12-5-6-13(17-12)11-8-15-16(3)9-11/h5-6,8-10,14H,4,7H2,1-3H3. The lowest BCUT2D eigenvalue weighted by Crippen LogP contribution is -2.18. The van der Waals surface area contributed by atoms with Gasteiger partial charge >= 0.3 is 0 Å². The second-order valence-corrected chi connectivity index (χ2v) is 4.28. The highest BCUT2D eigenvalue weighted by molar-refractivity contribution is 5.55. The zero-order valence-corrected chi connectivity index (χ0v) is 10.6. The Kier molecular flexibility index (Phi) is 3.64. The van der Waals surface area contributed by atoms with Crippen LogP contribution in [0.15, 0.2) is 28.9 Å². The number of hydrogen-bond donors (Lipinski definition) is 1. The van der Waals surface area contributed by atoms with Crippen molar-refractivity contribution in [3.63, 3.8) is 0 Å². The second kappa shape index (κ2) is 5.19. The highest BCUT2D eigenvalue weighted by Gasteiger charge is 2.11. The molecule has 4 nitrogen and oxygen atoms in total. The van der Waals surface area contributed by atoms with Crippen LogP contribution in [0.4, 0.5) is 0 Å². The van der Waals surface area contributed by atoms with Crippen LogP contribution in [-0.4, -0.2) is 16.3 Å². The zero-order valence-electron chi connectivity index (χ0n) is 10.6. The summed E-state index contributed by atoms with van der Waals surface area (Å²) in [5, 5.41) is 7.54. The Morgan fingerprint density at radius 2 is 2.29 bits per heavy atom. The number of aromatic nitrogens is 2. The molecule has 0 radical (unpaired) electrons. The third-order valence-electron chi connectivity index (χ3n) is 2.74. The Morgan fingerprint density at radius 1 is 1.47 bits per heavy atom. The van der Waals surface area contributed by atoms with E-state index in [9.17, 15) is 0 Å². The summed E-state index contributed by atoms with van der Waals surface area (Å²) in [5.74, 6) is 1.84. The average Bonchev–Trinajstić information content (AvgIpc) is 2.93. The fourth-order valence-corrected chi connectivity index (χ4v) is 1.75. The predicted octanol–water partition coefficient (Wildman–Crippen LogP) is 2.74. The fourth-order valence-electron chi connectivity index (χ4n) is 1.75. The zero-order chi connectivity index (χ0) is 12.3. The van der Waals surface area contributed by atoms with Gasteiger partial charge in [0, 0.05) is 13.2 Å². The van der Waals surface area contributed by atoms with Gasteiger partial charge in [-0.25, -0.2) is 0 Å². The van der Waals surface area contributed by atoms with E-state index >= 15 is 0 Å². The van der Waals surface area contributed by atoms with Crippen molar-refractivity contribution in [1.82, 2.24) is 15.1 Å². The summed E-state index contributed by atoms with van der Waals surface area (Å²) in [6, 6.07) is 4.27. The van der Waals surface area contributed by atoms with Crippen LogP contribution in [0.5, 0.6) is 0 Å². The summed E-state index contributed by atoms with van der Waals surface area (Å²) in [7, 11) is 1.90. The molecule has 1 N–H and O–H groups in total. The molecule has 1 atom stereocenters. The van der Waals surface area contributed by atoms with E-state index in [-0.39, 0.29) is 6.04 Å². The van der Waals surface area contributed by atoms with Crippen LogP contribution >= 0.6 is 0 Å². The van der Waals surface area contributed by atoms with E-state index < -0.39 is 0 Å². The highest BCUT2D eigenvalue weighted by atomic mass is 16.3. The van der Waals surface area contributed by atoms with Gasteiger partial charge in [-0.05, 0) is 32.0 Å². The van der Waals surface area contributed by atoms with Crippen molar-refractivity contribution in [2.45, 2.75) is 26.3 Å². The van der Waals surface area contributed by atoms with Crippen LogP contribution in [0, 0.1) is 0 Å². The van der Waals surface area contributed by atoms with E-state index in [1.165, 1.54) is 0 Å². The first-order chi connectivity index (χ1) is 8.20. The maximum atomic E-state index is 5.83. The average molecular weight is 233 g/mol. The number of rotatable bonds is 5. The van der Waals surface area contributed by atoms with Crippen LogP contribution in [0.25, 0.3) is 11.3 Å². The van der Waals surface area contributed by atoms with Gasteiger partial charge in [0.1, 0.15) is 11.5 Å². The monoisotopic (exact) mass is 233 g/mol. The third-order valence-corrected chi connectivity index (χ3v) is 2.74. The lowest BCUT2D eigenvalue weighted by Gasteiger charge is -2.09. The van der Waals surface area contributed by atoms with Crippen molar-refractivity contribution in [2.24, 2.45) is 7.05 Å². The van der Waals surface area contributed by atoms with E-state index in [2.05, 4.69) is 24.3 Å². The molecule has 0 fully saturated rings. The van der Waals surface area contributed by atoms with Gasteiger partial charge in [0.15, 0.2) is 0 Å². The van der Waals surface area contributed by atoms with Crippen molar-refractivity contribution >= 4 is 0 Å². The summed E-state index contributed by atoms with van der Waals surface area (Å²) in [6.45, 7) is 5.27. The van der Waals surface area contributed by atoms with Crippen molar-refractivity contribution < 1.29 is 4.42 Å². The van der Waals surface area contributed by atoms with Crippen LogP contribution in [0.2, 0.25) is 0 Å². The number of nitrogens with one attached hydrogen (secondary N) is 1. The van der Waals surface area contributed by atoms with E-state index in [0.717, 1.165) is 30.0 Å². The molecule has 2 heterocycles. The molecule has 0 aliphatic rings. The SMILES string of the molecule is CCCNC(C)c1ccc(-c2cnn(C)c2)o1. The van der Waals surface area contributed by atoms with E-state index in [1.807, 2.05) is 31.6 Å². The van der Waals surface area contributed by atoms with Gasteiger partial charge in [-0.15, -0.1) is 0 Å². The molecule has 2 aromatic rings. The predicted molar refractivity (Wildman–Crippen MR) is 67.6 cm³/mol. The minimum atomic E-state index is 0.250. The lowest BCUT2D eigenvalue weighted by molar-refractivity contribution is 0.439. The molecule has 0 aromatic carbocycles. The molecular formula is C13H19N3O. The molecule has 4 heteroatoms. The quantitative estimate of drug-likeness (QED) is 0.863. The molecule has 0 amide bonds. The van der Waals surface area contributed by atoms with Gasteiger partial charge in [0.05, 0.1) is 17.8 Å². The summed E-state index contributed by atoms with van der Waals surface area (Å²) >= 11 is 0. The molecule has 0 aliphatic heterocycles. The minimum Gasteiger partial charge on any atom is -0.459 e. The molecule has 0 aliphatic carbocycles. The smallest absolute Gasteiger partial charge is 0.137 e. The molecule has 92 valence electrons. The summed E-state index contributed by atoms with van der Waals surface area (Å²) < 4.78 is 7.60. The normalized spacial score (nSPS) is 12.9. The Balaban J connectivity index is 2.10. The number of hydrogen-bond acceptors (Lipinski definition) is 3. The van der Waals surface area contributed by atoms with Gasteiger partial charge in [-0.1, -0.05) is 6.92 Å².